The van der Waals surface area contributed by atoms with Gasteiger partial charge in [-0.25, -0.2) is 4.98 Å². The van der Waals surface area contributed by atoms with E-state index in [9.17, 15) is 9.59 Å². The van der Waals surface area contributed by atoms with E-state index in [0.717, 1.165) is 4.88 Å². The Balaban J connectivity index is 1.65. The molecule has 0 radical (unpaired) electrons. The van der Waals surface area contributed by atoms with Crippen LogP contribution in [0.25, 0.3) is 16.6 Å². The number of aryl methyl sites for hydroxylation is 1. The summed E-state index contributed by atoms with van der Waals surface area (Å²) in [5.74, 6) is 0.591. The Labute approximate surface area is 172 Å². The maximum Gasteiger partial charge on any atom is 0.265 e. The Morgan fingerprint density at radius 3 is 2.52 bits per heavy atom. The first-order valence-corrected chi connectivity index (χ1v) is 10.4. The standard InChI is InChI=1S/C23H21N3O2S/c1-3-25(15-19-7-6-14-29-19)22(27)17-10-12-18(13-11-17)26-16(2)24-21-9-5-4-8-20(21)23(26)28/h4-14H,3,15H2,1-2H3. The summed E-state index contributed by atoms with van der Waals surface area (Å²) >= 11 is 1.64. The van der Waals surface area contributed by atoms with Crippen LogP contribution in [-0.2, 0) is 6.54 Å². The number of para-hydroxylation sites is 1. The highest BCUT2D eigenvalue weighted by Gasteiger charge is 2.16. The Bertz CT molecular complexity index is 1210. The molecule has 0 bridgehead atoms. The topological polar surface area (TPSA) is 55.2 Å². The van der Waals surface area contributed by atoms with Crippen molar-refractivity contribution in [1.29, 1.82) is 0 Å². The van der Waals surface area contributed by atoms with Crippen molar-refractivity contribution in [1.82, 2.24) is 14.5 Å². The highest BCUT2D eigenvalue weighted by atomic mass is 32.1. The summed E-state index contributed by atoms with van der Waals surface area (Å²) in [7, 11) is 0. The van der Waals surface area contributed by atoms with Crippen LogP contribution in [0.1, 0.15) is 28.0 Å². The molecule has 6 heteroatoms. The van der Waals surface area contributed by atoms with Crippen molar-refractivity contribution in [2.45, 2.75) is 20.4 Å². The number of carbonyl (C=O) groups excluding carboxylic acids is 1. The third-order valence-electron chi connectivity index (χ3n) is 4.91. The number of hydrogen-bond donors (Lipinski definition) is 0. The lowest BCUT2D eigenvalue weighted by Gasteiger charge is -2.20. The fourth-order valence-corrected chi connectivity index (χ4v) is 4.12. The second kappa shape index (κ2) is 8.01. The van der Waals surface area contributed by atoms with E-state index in [2.05, 4.69) is 4.98 Å². The van der Waals surface area contributed by atoms with Gasteiger partial charge >= 0.3 is 0 Å². The summed E-state index contributed by atoms with van der Waals surface area (Å²) in [6.07, 6.45) is 0. The van der Waals surface area contributed by atoms with Crippen LogP contribution < -0.4 is 5.56 Å². The molecule has 0 saturated heterocycles. The van der Waals surface area contributed by atoms with Gasteiger partial charge < -0.3 is 4.90 Å². The smallest absolute Gasteiger partial charge is 0.265 e. The van der Waals surface area contributed by atoms with E-state index >= 15 is 0 Å². The molecule has 2 heterocycles. The summed E-state index contributed by atoms with van der Waals surface area (Å²) in [5, 5.41) is 2.59. The second-order valence-electron chi connectivity index (χ2n) is 6.76. The molecule has 0 N–H and O–H groups in total. The zero-order chi connectivity index (χ0) is 20.4. The van der Waals surface area contributed by atoms with Crippen molar-refractivity contribution in [2.24, 2.45) is 0 Å². The monoisotopic (exact) mass is 403 g/mol. The van der Waals surface area contributed by atoms with Crippen LogP contribution in [0.15, 0.2) is 70.8 Å². The number of benzene rings is 2. The predicted octanol–water partition coefficient (Wildman–Crippen LogP) is 4.42. The molecule has 0 aliphatic heterocycles. The number of carbonyl (C=O) groups is 1. The molecule has 1 amide bonds. The van der Waals surface area contributed by atoms with E-state index in [1.165, 1.54) is 0 Å². The van der Waals surface area contributed by atoms with Gasteiger partial charge in [-0.05, 0) is 61.7 Å². The quantitative estimate of drug-likeness (QED) is 0.496. The summed E-state index contributed by atoms with van der Waals surface area (Å²) in [6, 6.07) is 18.5. The molecular formula is C23H21N3O2S. The van der Waals surface area contributed by atoms with Gasteiger partial charge in [0.1, 0.15) is 5.82 Å². The van der Waals surface area contributed by atoms with Crippen LogP contribution in [0.5, 0.6) is 0 Å². The van der Waals surface area contributed by atoms with Crippen LogP contribution >= 0.6 is 11.3 Å². The molecule has 4 aromatic rings. The van der Waals surface area contributed by atoms with Gasteiger partial charge in [0.2, 0.25) is 0 Å². The maximum absolute atomic E-state index is 12.9. The zero-order valence-corrected chi connectivity index (χ0v) is 17.1. The lowest BCUT2D eigenvalue weighted by Crippen LogP contribution is -2.30. The summed E-state index contributed by atoms with van der Waals surface area (Å²) in [5.41, 5.74) is 1.88. The highest BCUT2D eigenvalue weighted by molar-refractivity contribution is 7.09. The number of rotatable bonds is 5. The van der Waals surface area contributed by atoms with Gasteiger partial charge in [0.25, 0.3) is 11.5 Å². The lowest BCUT2D eigenvalue weighted by atomic mass is 10.1. The minimum atomic E-state index is -0.111. The van der Waals surface area contributed by atoms with Crippen molar-refractivity contribution < 1.29 is 4.79 Å². The van der Waals surface area contributed by atoms with Gasteiger partial charge in [-0.15, -0.1) is 11.3 Å². The van der Waals surface area contributed by atoms with Gasteiger partial charge in [0, 0.05) is 17.0 Å². The molecular weight excluding hydrogens is 382 g/mol. The Kier molecular flexibility index (Phi) is 5.27. The fraction of sp³-hybridized carbons (Fsp3) is 0.174. The summed E-state index contributed by atoms with van der Waals surface area (Å²) in [6.45, 7) is 5.02. The molecule has 0 atom stereocenters. The first-order valence-electron chi connectivity index (χ1n) is 9.49. The fourth-order valence-electron chi connectivity index (χ4n) is 3.40. The van der Waals surface area contributed by atoms with Crippen LogP contribution in [0.3, 0.4) is 0 Å². The number of amides is 1. The van der Waals surface area contributed by atoms with E-state index in [4.69, 9.17) is 0 Å². The van der Waals surface area contributed by atoms with Crippen LogP contribution in [-0.4, -0.2) is 26.9 Å². The normalized spacial score (nSPS) is 11.0. The zero-order valence-electron chi connectivity index (χ0n) is 16.3. The van der Waals surface area contributed by atoms with Crippen molar-refractivity contribution in [3.63, 3.8) is 0 Å². The van der Waals surface area contributed by atoms with Crippen molar-refractivity contribution in [3.8, 4) is 5.69 Å². The van der Waals surface area contributed by atoms with Gasteiger partial charge in [-0.3, -0.25) is 14.2 Å². The third-order valence-corrected chi connectivity index (χ3v) is 5.77. The number of nitrogens with zero attached hydrogens (tertiary/aromatic N) is 3. The number of aromatic nitrogens is 2. The molecule has 2 aromatic carbocycles. The lowest BCUT2D eigenvalue weighted by molar-refractivity contribution is 0.0754. The van der Waals surface area contributed by atoms with Crippen LogP contribution in [0.4, 0.5) is 0 Å². The van der Waals surface area contributed by atoms with E-state index in [0.29, 0.717) is 41.1 Å². The highest BCUT2D eigenvalue weighted by Crippen LogP contribution is 2.17. The number of fused-ring (bicyclic) bond motifs is 1. The molecule has 5 nitrogen and oxygen atoms in total. The largest absolute Gasteiger partial charge is 0.334 e. The molecule has 0 unspecified atom stereocenters. The maximum atomic E-state index is 12.9. The van der Waals surface area contributed by atoms with E-state index in [-0.39, 0.29) is 11.5 Å². The molecule has 2 aromatic heterocycles. The third kappa shape index (κ3) is 3.71. The Morgan fingerprint density at radius 2 is 1.83 bits per heavy atom. The minimum Gasteiger partial charge on any atom is -0.334 e. The predicted molar refractivity (Wildman–Crippen MR) is 117 cm³/mol. The second-order valence-corrected chi connectivity index (χ2v) is 7.79. The molecule has 0 spiro atoms. The number of hydrogen-bond acceptors (Lipinski definition) is 4. The van der Waals surface area contributed by atoms with Crippen LogP contribution in [0, 0.1) is 6.92 Å². The first-order chi connectivity index (χ1) is 14.1. The Morgan fingerprint density at radius 1 is 1.07 bits per heavy atom. The van der Waals surface area contributed by atoms with E-state index in [1.54, 1.807) is 46.2 Å². The Hall–Kier alpha value is -3.25. The van der Waals surface area contributed by atoms with Gasteiger partial charge in [-0.2, -0.15) is 0 Å². The number of thiophene rings is 1. The minimum absolute atomic E-state index is 0.0202. The van der Waals surface area contributed by atoms with Crippen molar-refractivity contribution in [3.05, 3.63) is 92.7 Å². The molecule has 0 saturated carbocycles. The van der Waals surface area contributed by atoms with Crippen molar-refractivity contribution >= 4 is 28.1 Å². The van der Waals surface area contributed by atoms with E-state index < -0.39 is 0 Å². The molecule has 29 heavy (non-hydrogen) atoms. The average molecular weight is 404 g/mol. The van der Waals surface area contributed by atoms with Gasteiger partial charge in [0.05, 0.1) is 23.1 Å². The molecule has 4 rings (SSSR count). The van der Waals surface area contributed by atoms with Crippen molar-refractivity contribution in [2.75, 3.05) is 6.54 Å². The molecule has 0 fully saturated rings. The van der Waals surface area contributed by atoms with Gasteiger partial charge in [-0.1, -0.05) is 18.2 Å². The summed E-state index contributed by atoms with van der Waals surface area (Å²) < 4.78 is 1.58. The first kappa shape index (κ1) is 19.1. The SMILES string of the molecule is CCN(Cc1cccs1)C(=O)c1ccc(-n2c(C)nc3ccccc3c2=O)cc1. The van der Waals surface area contributed by atoms with Crippen LogP contribution in [0.2, 0.25) is 0 Å². The average Bonchev–Trinajstić information content (AvgIpc) is 3.25. The van der Waals surface area contributed by atoms with E-state index in [1.807, 2.05) is 54.5 Å². The molecule has 146 valence electrons. The molecule has 0 aliphatic carbocycles. The van der Waals surface area contributed by atoms with Gasteiger partial charge in [0.15, 0.2) is 0 Å². The molecule has 0 aliphatic rings. The summed E-state index contributed by atoms with van der Waals surface area (Å²) in [4.78, 5) is 33.4.